The molecule has 0 atom stereocenters. The number of aliphatic hydroxyl groups excluding tert-OH is 6. The monoisotopic (exact) mass is 534 g/mol. The molecule has 0 spiro atoms. The van der Waals surface area contributed by atoms with E-state index < -0.39 is 0 Å². The second kappa shape index (κ2) is 44.2. The van der Waals surface area contributed by atoms with Crippen molar-refractivity contribution in [2.24, 2.45) is 0 Å². The maximum atomic E-state index is 9.53. The SMILES string of the molecule is CCCC[O-].CCCC[O-].OCCN(CCO)CCO.OCCN(CCO)CCO.[Zr+2]. The molecule has 31 heavy (non-hydrogen) atoms. The summed E-state index contributed by atoms with van der Waals surface area (Å²) in [6, 6.07) is 0. The minimum Gasteiger partial charge on any atom is -0.854 e. The van der Waals surface area contributed by atoms with Gasteiger partial charge in [0.15, 0.2) is 0 Å². The van der Waals surface area contributed by atoms with Crippen LogP contribution < -0.4 is 10.2 Å². The molecule has 0 bridgehead atoms. The zero-order valence-electron chi connectivity index (χ0n) is 19.6. The third kappa shape index (κ3) is 48.9. The molecule has 0 aliphatic heterocycles. The molecule has 0 radical (unpaired) electrons. The molecule has 190 valence electrons. The molecule has 0 aromatic heterocycles. The van der Waals surface area contributed by atoms with Crippen LogP contribution in [0, 0.1) is 0 Å². The summed E-state index contributed by atoms with van der Waals surface area (Å²) in [5, 5.41) is 70.0. The maximum Gasteiger partial charge on any atom is 2.00 e. The molecule has 0 aromatic carbocycles. The smallest absolute Gasteiger partial charge is 0.854 e. The topological polar surface area (TPSA) is 174 Å². The minimum absolute atomic E-state index is 0. The molecule has 10 nitrogen and oxygen atoms in total. The van der Waals surface area contributed by atoms with Crippen LogP contribution in [0.3, 0.4) is 0 Å². The molecule has 0 unspecified atom stereocenters. The van der Waals surface area contributed by atoms with Gasteiger partial charge in [-0.05, 0) is 0 Å². The van der Waals surface area contributed by atoms with E-state index in [9.17, 15) is 10.2 Å². The molecule has 0 saturated heterocycles. The fourth-order valence-electron chi connectivity index (χ4n) is 1.81. The Hall–Kier alpha value is 0.483. The summed E-state index contributed by atoms with van der Waals surface area (Å²) in [6.07, 6.45) is 3.73. The van der Waals surface area contributed by atoms with Crippen LogP contribution >= 0.6 is 0 Å². The normalized spacial score (nSPS) is 9.68. The van der Waals surface area contributed by atoms with E-state index in [1.165, 1.54) is 0 Å². The first-order chi connectivity index (χ1) is 14.5. The van der Waals surface area contributed by atoms with Gasteiger partial charge >= 0.3 is 26.2 Å². The number of rotatable bonds is 16. The van der Waals surface area contributed by atoms with Gasteiger partial charge in [-0.15, -0.1) is 13.2 Å². The first-order valence-corrected chi connectivity index (χ1v) is 10.8. The van der Waals surface area contributed by atoms with Crippen molar-refractivity contribution in [1.29, 1.82) is 0 Å². The van der Waals surface area contributed by atoms with E-state index in [1.54, 1.807) is 9.80 Å². The van der Waals surface area contributed by atoms with Crippen LogP contribution in [-0.2, 0) is 26.2 Å². The summed E-state index contributed by atoms with van der Waals surface area (Å²) in [7, 11) is 0. The number of hydrogen-bond acceptors (Lipinski definition) is 10. The third-order valence-electron chi connectivity index (χ3n) is 3.49. The summed E-state index contributed by atoms with van der Waals surface area (Å²) in [6.45, 7) is 7.72. The summed E-state index contributed by atoms with van der Waals surface area (Å²) < 4.78 is 0. The van der Waals surface area contributed by atoms with E-state index >= 15 is 0 Å². The number of aliphatic hydroxyl groups is 6. The van der Waals surface area contributed by atoms with Crippen molar-refractivity contribution in [2.75, 3.05) is 92.1 Å². The van der Waals surface area contributed by atoms with Crippen molar-refractivity contribution < 1.29 is 67.1 Å². The average Bonchev–Trinajstić information content (AvgIpc) is 2.72. The second-order valence-electron chi connectivity index (χ2n) is 6.14. The van der Waals surface area contributed by atoms with E-state index in [0.717, 1.165) is 25.7 Å². The zero-order chi connectivity index (χ0) is 23.9. The van der Waals surface area contributed by atoms with E-state index in [2.05, 4.69) is 0 Å². The first kappa shape index (κ1) is 41.7. The Labute approximate surface area is 208 Å². The largest absolute Gasteiger partial charge is 2.00 e. The number of unbranched alkanes of at least 4 members (excludes halogenated alkanes) is 2. The molecule has 0 aliphatic rings. The van der Waals surface area contributed by atoms with Crippen molar-refractivity contribution >= 4 is 0 Å². The molecule has 0 fully saturated rings. The van der Waals surface area contributed by atoms with Crippen LogP contribution in [0.15, 0.2) is 0 Å². The summed E-state index contributed by atoms with van der Waals surface area (Å²) in [4.78, 5) is 3.58. The molecular weight excluding hydrogens is 487 g/mol. The first-order valence-electron chi connectivity index (χ1n) is 10.8. The molecule has 0 rings (SSSR count). The Kier molecular flexibility index (Phi) is 59.5. The van der Waals surface area contributed by atoms with Gasteiger partial charge < -0.3 is 40.9 Å². The van der Waals surface area contributed by atoms with Gasteiger partial charge in [-0.3, -0.25) is 9.80 Å². The Morgan fingerprint density at radius 2 is 0.677 bits per heavy atom. The third-order valence-corrected chi connectivity index (χ3v) is 3.49. The van der Waals surface area contributed by atoms with Crippen LogP contribution in [0.2, 0.25) is 0 Å². The van der Waals surface area contributed by atoms with Gasteiger partial charge in [0, 0.05) is 39.3 Å². The minimum atomic E-state index is 0. The molecule has 0 heterocycles. The number of hydrogen-bond donors (Lipinski definition) is 6. The van der Waals surface area contributed by atoms with Crippen LogP contribution in [-0.4, -0.2) is 133 Å². The van der Waals surface area contributed by atoms with Crippen LogP contribution in [0.4, 0.5) is 0 Å². The molecule has 0 aromatic rings. The Bertz CT molecular complexity index is 205. The Balaban J connectivity index is -0.000000101. The van der Waals surface area contributed by atoms with Crippen molar-refractivity contribution in [2.45, 2.75) is 39.5 Å². The summed E-state index contributed by atoms with van der Waals surface area (Å²) >= 11 is 0. The molecule has 0 aliphatic carbocycles. The van der Waals surface area contributed by atoms with Gasteiger partial charge in [0.25, 0.3) is 0 Å². The van der Waals surface area contributed by atoms with Crippen molar-refractivity contribution in [3.05, 3.63) is 0 Å². The summed E-state index contributed by atoms with van der Waals surface area (Å²) in [5.74, 6) is 0. The number of nitrogens with zero attached hydrogens (tertiary/aromatic N) is 2. The van der Waals surface area contributed by atoms with Crippen LogP contribution in [0.25, 0.3) is 0 Å². The van der Waals surface area contributed by atoms with Crippen LogP contribution in [0.1, 0.15) is 39.5 Å². The second-order valence-corrected chi connectivity index (χ2v) is 6.14. The predicted molar refractivity (Wildman–Crippen MR) is 115 cm³/mol. The van der Waals surface area contributed by atoms with Gasteiger partial charge in [-0.25, -0.2) is 0 Å². The fourth-order valence-corrected chi connectivity index (χ4v) is 1.81. The van der Waals surface area contributed by atoms with Crippen molar-refractivity contribution in [3.8, 4) is 0 Å². The molecule has 11 heteroatoms. The Morgan fingerprint density at radius 1 is 0.484 bits per heavy atom. The van der Waals surface area contributed by atoms with Gasteiger partial charge in [0.05, 0.1) is 39.6 Å². The Morgan fingerprint density at radius 3 is 0.742 bits per heavy atom. The van der Waals surface area contributed by atoms with Gasteiger partial charge in [0.2, 0.25) is 0 Å². The molecular formula is C20H48N2O8Zr. The van der Waals surface area contributed by atoms with Crippen LogP contribution in [0.5, 0.6) is 0 Å². The predicted octanol–water partition coefficient (Wildman–Crippen LogP) is -3.18. The van der Waals surface area contributed by atoms with E-state index in [0.29, 0.717) is 39.3 Å². The standard InChI is InChI=1S/2C6H15NO3.2C4H9O.Zr/c2*8-4-1-7(2-5-9)3-6-10;2*1-2-3-4-5;/h2*8-10H,1-6H2;2*2-4H2,1H3;/q;;2*-1;+2. The molecule has 6 N–H and O–H groups in total. The fraction of sp³-hybridized carbons (Fsp3) is 1.00. The van der Waals surface area contributed by atoms with E-state index in [4.69, 9.17) is 30.6 Å². The molecule has 0 saturated carbocycles. The average molecular weight is 536 g/mol. The zero-order valence-corrected chi connectivity index (χ0v) is 22.1. The molecule has 0 amide bonds. The van der Waals surface area contributed by atoms with Crippen molar-refractivity contribution in [3.63, 3.8) is 0 Å². The van der Waals surface area contributed by atoms with E-state index in [-0.39, 0.29) is 79.1 Å². The van der Waals surface area contributed by atoms with Crippen molar-refractivity contribution in [1.82, 2.24) is 9.80 Å². The van der Waals surface area contributed by atoms with E-state index in [1.807, 2.05) is 13.8 Å². The van der Waals surface area contributed by atoms with Gasteiger partial charge in [0.1, 0.15) is 0 Å². The van der Waals surface area contributed by atoms with Gasteiger partial charge in [-0.1, -0.05) is 39.5 Å². The summed E-state index contributed by atoms with van der Waals surface area (Å²) in [5.41, 5.74) is 0. The maximum absolute atomic E-state index is 9.53. The van der Waals surface area contributed by atoms with Gasteiger partial charge in [-0.2, -0.15) is 0 Å². The quantitative estimate of drug-likeness (QED) is 0.118.